The summed E-state index contributed by atoms with van der Waals surface area (Å²) in [5, 5.41) is 10.1. The lowest BCUT2D eigenvalue weighted by Crippen LogP contribution is -2.14. The van der Waals surface area contributed by atoms with Crippen molar-refractivity contribution in [1.29, 1.82) is 0 Å². The van der Waals surface area contributed by atoms with Crippen LogP contribution in [0, 0.1) is 0 Å². The first-order valence-electron chi connectivity index (χ1n) is 4.62. The van der Waals surface area contributed by atoms with Gasteiger partial charge in [-0.15, -0.1) is 0 Å². The quantitative estimate of drug-likeness (QED) is 0.633. The zero-order valence-corrected chi connectivity index (χ0v) is 7.64. The van der Waals surface area contributed by atoms with Gasteiger partial charge in [0.05, 0.1) is 0 Å². The van der Waals surface area contributed by atoms with Gasteiger partial charge in [0.1, 0.15) is 0 Å². The second kappa shape index (κ2) is 5.77. The number of H-pyrrole nitrogens is 1. The largest absolute Gasteiger partial charge is 0.311 e. The Kier molecular flexibility index (Phi) is 4.46. The molecule has 0 aromatic carbocycles. The van der Waals surface area contributed by atoms with E-state index in [9.17, 15) is 0 Å². The molecular formula is C9H17N3. The molecule has 0 fully saturated rings. The van der Waals surface area contributed by atoms with Crippen molar-refractivity contribution in [2.45, 2.75) is 32.7 Å². The second-order valence-electron chi connectivity index (χ2n) is 2.97. The summed E-state index contributed by atoms with van der Waals surface area (Å²) in [7, 11) is 0. The Morgan fingerprint density at radius 3 is 3.08 bits per heavy atom. The average Bonchev–Trinajstić information content (AvgIpc) is 2.57. The van der Waals surface area contributed by atoms with E-state index in [1.807, 2.05) is 6.07 Å². The van der Waals surface area contributed by atoms with Crippen molar-refractivity contribution < 1.29 is 0 Å². The van der Waals surface area contributed by atoms with Gasteiger partial charge in [-0.25, -0.2) is 0 Å². The molecule has 3 nitrogen and oxygen atoms in total. The van der Waals surface area contributed by atoms with Crippen LogP contribution in [0.1, 0.15) is 31.9 Å². The molecule has 0 bridgehead atoms. The van der Waals surface area contributed by atoms with E-state index in [2.05, 4.69) is 22.4 Å². The molecule has 1 heterocycles. The Bertz CT molecular complexity index is 182. The molecule has 1 aromatic rings. The highest BCUT2D eigenvalue weighted by Crippen LogP contribution is 1.93. The van der Waals surface area contributed by atoms with E-state index >= 15 is 0 Å². The maximum absolute atomic E-state index is 3.87. The zero-order chi connectivity index (χ0) is 8.65. The predicted octanol–water partition coefficient (Wildman–Crippen LogP) is 1.69. The van der Waals surface area contributed by atoms with Crippen molar-refractivity contribution in [2.75, 3.05) is 6.54 Å². The van der Waals surface area contributed by atoms with Crippen LogP contribution in [-0.4, -0.2) is 16.7 Å². The molecule has 0 amide bonds. The van der Waals surface area contributed by atoms with Crippen LogP contribution >= 0.6 is 0 Å². The van der Waals surface area contributed by atoms with Gasteiger partial charge in [-0.1, -0.05) is 19.8 Å². The van der Waals surface area contributed by atoms with Gasteiger partial charge in [0.25, 0.3) is 0 Å². The third-order valence-electron chi connectivity index (χ3n) is 1.83. The van der Waals surface area contributed by atoms with Crippen LogP contribution in [0.4, 0.5) is 0 Å². The molecule has 1 aromatic heterocycles. The Labute approximate surface area is 73.6 Å². The van der Waals surface area contributed by atoms with Crippen molar-refractivity contribution in [2.24, 2.45) is 0 Å². The van der Waals surface area contributed by atoms with E-state index in [4.69, 9.17) is 0 Å². The Morgan fingerprint density at radius 2 is 2.42 bits per heavy atom. The van der Waals surface area contributed by atoms with Gasteiger partial charge in [0.15, 0.2) is 0 Å². The average molecular weight is 167 g/mol. The molecule has 68 valence electrons. The molecule has 2 N–H and O–H groups in total. The molecule has 0 saturated heterocycles. The molecule has 0 atom stereocenters. The topological polar surface area (TPSA) is 40.7 Å². The molecule has 0 radical (unpaired) electrons. The molecule has 0 spiro atoms. The summed E-state index contributed by atoms with van der Waals surface area (Å²) in [6.07, 6.45) is 5.65. The van der Waals surface area contributed by atoms with Crippen LogP contribution < -0.4 is 5.32 Å². The number of unbranched alkanes of at least 4 members (excludes halogenated alkanes) is 2. The van der Waals surface area contributed by atoms with Crippen LogP contribution in [0.25, 0.3) is 0 Å². The van der Waals surface area contributed by atoms with Gasteiger partial charge >= 0.3 is 0 Å². The summed E-state index contributed by atoms with van der Waals surface area (Å²) >= 11 is 0. The van der Waals surface area contributed by atoms with Crippen molar-refractivity contribution in [3.63, 3.8) is 0 Å². The minimum absolute atomic E-state index is 0.906. The minimum Gasteiger partial charge on any atom is -0.311 e. The SMILES string of the molecule is CCCCCNCc1ccn[nH]1. The first-order valence-corrected chi connectivity index (χ1v) is 4.62. The molecule has 0 aliphatic heterocycles. The smallest absolute Gasteiger partial charge is 0.0490 e. The molecule has 0 aliphatic carbocycles. The number of rotatable bonds is 6. The second-order valence-corrected chi connectivity index (χ2v) is 2.97. The van der Waals surface area contributed by atoms with Crippen LogP contribution in [0.2, 0.25) is 0 Å². The van der Waals surface area contributed by atoms with Crippen LogP contribution in [0.5, 0.6) is 0 Å². The number of hydrogen-bond acceptors (Lipinski definition) is 2. The third kappa shape index (κ3) is 3.53. The van der Waals surface area contributed by atoms with Crippen molar-refractivity contribution in [3.8, 4) is 0 Å². The van der Waals surface area contributed by atoms with Gasteiger partial charge < -0.3 is 5.32 Å². The number of aromatic nitrogens is 2. The maximum Gasteiger partial charge on any atom is 0.0490 e. The van der Waals surface area contributed by atoms with Crippen LogP contribution in [0.3, 0.4) is 0 Å². The van der Waals surface area contributed by atoms with Crippen LogP contribution in [-0.2, 0) is 6.54 Å². The predicted molar refractivity (Wildman–Crippen MR) is 49.8 cm³/mol. The summed E-state index contributed by atoms with van der Waals surface area (Å²) in [6, 6.07) is 1.99. The lowest BCUT2D eigenvalue weighted by Gasteiger charge is -2.00. The van der Waals surface area contributed by atoms with Crippen molar-refractivity contribution in [3.05, 3.63) is 18.0 Å². The third-order valence-corrected chi connectivity index (χ3v) is 1.83. The summed E-state index contributed by atoms with van der Waals surface area (Å²) in [5.74, 6) is 0. The van der Waals surface area contributed by atoms with Gasteiger partial charge in [0, 0.05) is 18.4 Å². The van der Waals surface area contributed by atoms with E-state index < -0.39 is 0 Å². The van der Waals surface area contributed by atoms with E-state index in [-0.39, 0.29) is 0 Å². The minimum atomic E-state index is 0.906. The normalized spacial score (nSPS) is 10.4. The van der Waals surface area contributed by atoms with Gasteiger partial charge in [-0.3, -0.25) is 5.10 Å². The highest BCUT2D eigenvalue weighted by molar-refractivity contribution is 4.96. The fourth-order valence-electron chi connectivity index (χ4n) is 1.11. The molecule has 0 unspecified atom stereocenters. The monoisotopic (exact) mass is 167 g/mol. The Balaban J connectivity index is 1.96. The van der Waals surface area contributed by atoms with E-state index in [0.717, 1.165) is 18.8 Å². The van der Waals surface area contributed by atoms with Gasteiger partial charge in [0.2, 0.25) is 0 Å². The summed E-state index contributed by atoms with van der Waals surface area (Å²) in [5.41, 5.74) is 1.16. The van der Waals surface area contributed by atoms with Gasteiger partial charge in [-0.05, 0) is 19.0 Å². The van der Waals surface area contributed by atoms with Crippen molar-refractivity contribution >= 4 is 0 Å². The molecule has 1 rings (SSSR count). The van der Waals surface area contributed by atoms with Crippen molar-refractivity contribution in [1.82, 2.24) is 15.5 Å². The summed E-state index contributed by atoms with van der Waals surface area (Å²) in [6.45, 7) is 4.23. The molecule has 0 aliphatic rings. The first-order chi connectivity index (χ1) is 5.93. The Morgan fingerprint density at radius 1 is 1.50 bits per heavy atom. The Hall–Kier alpha value is -0.830. The number of nitrogens with zero attached hydrogens (tertiary/aromatic N) is 1. The highest BCUT2D eigenvalue weighted by Gasteiger charge is 1.91. The number of aromatic amines is 1. The highest BCUT2D eigenvalue weighted by atomic mass is 15.1. The lowest BCUT2D eigenvalue weighted by molar-refractivity contribution is 0.610. The standard InChI is InChI=1S/C9H17N3/c1-2-3-4-6-10-8-9-5-7-11-12-9/h5,7,10H,2-4,6,8H2,1H3,(H,11,12). The number of nitrogens with one attached hydrogen (secondary N) is 2. The van der Waals surface area contributed by atoms with E-state index in [0.29, 0.717) is 0 Å². The fraction of sp³-hybridized carbons (Fsp3) is 0.667. The summed E-state index contributed by atoms with van der Waals surface area (Å²) < 4.78 is 0. The van der Waals surface area contributed by atoms with E-state index in [1.54, 1.807) is 6.20 Å². The molecule has 12 heavy (non-hydrogen) atoms. The lowest BCUT2D eigenvalue weighted by atomic mass is 10.2. The van der Waals surface area contributed by atoms with E-state index in [1.165, 1.54) is 19.3 Å². The fourth-order valence-corrected chi connectivity index (χ4v) is 1.11. The molecule has 3 heteroatoms. The molecule has 0 saturated carbocycles. The van der Waals surface area contributed by atoms with Gasteiger partial charge in [-0.2, -0.15) is 5.10 Å². The summed E-state index contributed by atoms with van der Waals surface area (Å²) in [4.78, 5) is 0. The van der Waals surface area contributed by atoms with Crippen LogP contribution in [0.15, 0.2) is 12.3 Å². The molecular weight excluding hydrogens is 150 g/mol. The first kappa shape index (κ1) is 9.26. The number of hydrogen-bond donors (Lipinski definition) is 2. The zero-order valence-electron chi connectivity index (χ0n) is 7.64. The maximum atomic E-state index is 3.87.